The van der Waals surface area contributed by atoms with Crippen LogP contribution in [0.25, 0.3) is 0 Å². The number of nitrogens with one attached hydrogen (secondary N) is 2. The van der Waals surface area contributed by atoms with Crippen LogP contribution in [0, 0.1) is 51.5 Å². The van der Waals surface area contributed by atoms with Crippen molar-refractivity contribution in [2.45, 2.75) is 80.3 Å². The summed E-state index contributed by atoms with van der Waals surface area (Å²) in [6.07, 6.45) is 0. The minimum Gasteiger partial charge on any atom is -0.287 e. The predicted molar refractivity (Wildman–Crippen MR) is 216 cm³/mol. The lowest BCUT2D eigenvalue weighted by atomic mass is 9.95. The maximum Gasteiger partial charge on any atom is 0.329 e. The van der Waals surface area contributed by atoms with Gasteiger partial charge in [-0.2, -0.15) is 27.5 Å². The Bertz CT molecular complexity index is 2630. The highest BCUT2D eigenvalue weighted by atomic mass is 19.1. The molecule has 0 saturated carbocycles. The van der Waals surface area contributed by atoms with Gasteiger partial charge in [0.05, 0.1) is 13.1 Å². The van der Waals surface area contributed by atoms with Gasteiger partial charge in [0, 0.05) is 22.3 Å². The third-order valence-electron chi connectivity index (χ3n) is 9.35. The van der Waals surface area contributed by atoms with E-state index in [2.05, 4.69) is 19.9 Å². The Balaban J connectivity index is 0.000000228. The molecule has 60 heavy (non-hydrogen) atoms. The normalized spacial score (nSPS) is 11.2. The van der Waals surface area contributed by atoms with Gasteiger partial charge in [0.2, 0.25) is 35.4 Å². The van der Waals surface area contributed by atoms with Gasteiger partial charge in [0.1, 0.15) is 11.4 Å². The molecule has 0 saturated heterocycles. The van der Waals surface area contributed by atoms with Gasteiger partial charge in [0.25, 0.3) is 11.1 Å². The summed E-state index contributed by atoms with van der Waals surface area (Å²) in [5, 5.41) is 0. The fourth-order valence-electron chi connectivity index (χ4n) is 7.10. The maximum absolute atomic E-state index is 13.6. The van der Waals surface area contributed by atoms with Crippen molar-refractivity contribution >= 4 is 11.6 Å². The molecular formula is C44H42F4N6O6. The zero-order valence-corrected chi connectivity index (χ0v) is 34.1. The number of ketones is 2. The molecule has 0 unspecified atom stereocenters. The van der Waals surface area contributed by atoms with E-state index in [1.165, 1.54) is 0 Å². The van der Waals surface area contributed by atoms with E-state index in [0.29, 0.717) is 11.1 Å². The third kappa shape index (κ3) is 10.1. The van der Waals surface area contributed by atoms with Crippen LogP contribution in [0.3, 0.4) is 0 Å². The molecule has 0 bridgehead atoms. The first-order valence-corrected chi connectivity index (χ1v) is 18.8. The standard InChI is InChI=1S/2C22H21F2N3O3/c2*1-11(2)18-19(20(28)15-6-12(3)5-13(4)7-15)27(22(30)26-21(18)29)10-14-8-16(23)25-17(24)9-14/h2*5-9,11H,10H2,1-4H3,(H,26,29,30). The minimum absolute atomic E-state index is 0.0957. The first-order chi connectivity index (χ1) is 28.1. The monoisotopic (exact) mass is 826 g/mol. The zero-order chi connectivity index (χ0) is 44.3. The molecule has 2 N–H and O–H groups in total. The molecule has 0 aliphatic heterocycles. The quantitative estimate of drug-likeness (QED) is 0.0902. The van der Waals surface area contributed by atoms with Gasteiger partial charge in [0.15, 0.2) is 0 Å². The summed E-state index contributed by atoms with van der Waals surface area (Å²) in [5.74, 6) is -5.97. The summed E-state index contributed by atoms with van der Waals surface area (Å²) in [6, 6.07) is 14.4. The number of aryl methyl sites for hydroxylation is 4. The molecule has 16 heteroatoms. The second-order valence-electron chi connectivity index (χ2n) is 15.2. The van der Waals surface area contributed by atoms with Crippen LogP contribution in [-0.4, -0.2) is 40.6 Å². The first kappa shape index (κ1) is 44.3. The second kappa shape index (κ2) is 18.0. The van der Waals surface area contributed by atoms with Gasteiger partial charge in [-0.25, -0.2) is 9.59 Å². The smallest absolute Gasteiger partial charge is 0.287 e. The van der Waals surface area contributed by atoms with E-state index in [4.69, 9.17) is 0 Å². The number of halogens is 4. The van der Waals surface area contributed by atoms with Crippen molar-refractivity contribution in [1.29, 1.82) is 0 Å². The Labute approximate surface area is 340 Å². The lowest BCUT2D eigenvalue weighted by Gasteiger charge is -2.18. The van der Waals surface area contributed by atoms with Crippen molar-refractivity contribution in [2.24, 2.45) is 0 Å². The fraction of sp³-hybridized carbons (Fsp3) is 0.273. The van der Waals surface area contributed by atoms with Gasteiger partial charge in [-0.15, -0.1) is 0 Å². The van der Waals surface area contributed by atoms with Gasteiger partial charge in [-0.3, -0.25) is 38.3 Å². The highest BCUT2D eigenvalue weighted by Crippen LogP contribution is 2.23. The van der Waals surface area contributed by atoms with E-state index in [9.17, 15) is 46.3 Å². The van der Waals surface area contributed by atoms with E-state index in [-0.39, 0.29) is 58.6 Å². The van der Waals surface area contributed by atoms with Crippen molar-refractivity contribution in [1.82, 2.24) is 29.1 Å². The van der Waals surface area contributed by atoms with Crippen LogP contribution in [0.4, 0.5) is 17.6 Å². The van der Waals surface area contributed by atoms with Crippen molar-refractivity contribution in [3.05, 3.63) is 193 Å². The summed E-state index contributed by atoms with van der Waals surface area (Å²) in [6.45, 7) is 13.6. The number of aromatic nitrogens is 6. The summed E-state index contributed by atoms with van der Waals surface area (Å²) in [4.78, 5) is 87.7. The highest BCUT2D eigenvalue weighted by Gasteiger charge is 2.27. The van der Waals surface area contributed by atoms with Crippen LogP contribution >= 0.6 is 0 Å². The summed E-state index contributed by atoms with van der Waals surface area (Å²) >= 11 is 0. The number of benzene rings is 2. The highest BCUT2D eigenvalue weighted by molar-refractivity contribution is 6.09. The van der Waals surface area contributed by atoms with Gasteiger partial charge in [-0.05, 0) is 99.2 Å². The summed E-state index contributed by atoms with van der Waals surface area (Å²) in [7, 11) is 0. The molecule has 4 aromatic heterocycles. The van der Waals surface area contributed by atoms with Crippen LogP contribution < -0.4 is 22.5 Å². The van der Waals surface area contributed by atoms with Crippen molar-refractivity contribution in [2.75, 3.05) is 0 Å². The van der Waals surface area contributed by atoms with Crippen LogP contribution in [0.1, 0.15) is 116 Å². The number of rotatable bonds is 10. The number of H-pyrrole nitrogens is 2. The van der Waals surface area contributed by atoms with Crippen molar-refractivity contribution in [3.63, 3.8) is 0 Å². The van der Waals surface area contributed by atoms with Crippen LogP contribution in [0.15, 0.2) is 79.8 Å². The van der Waals surface area contributed by atoms with E-state index in [1.807, 2.05) is 39.8 Å². The number of pyridine rings is 2. The number of carbonyl (C=O) groups is 2. The zero-order valence-electron chi connectivity index (χ0n) is 34.1. The number of nitrogens with zero attached hydrogens (tertiary/aromatic N) is 4. The van der Waals surface area contributed by atoms with Gasteiger partial charge >= 0.3 is 11.4 Å². The SMILES string of the molecule is Cc1cc(C)cc(C(=O)c2c(C(C)C)c(=O)[nH]c(=O)n2Cc2cc(F)nc(F)c2)c1.Cc1cc(C)cc(C(=O)c2c(C(C)C)c(=O)[nH]c(=O)n2Cc2cc(F)nc(F)c2)c1. The maximum atomic E-state index is 13.6. The molecule has 6 rings (SSSR count). The van der Waals surface area contributed by atoms with E-state index < -0.39 is 57.9 Å². The molecule has 0 spiro atoms. The molecule has 312 valence electrons. The molecule has 12 nitrogen and oxygen atoms in total. The Hall–Kier alpha value is -6.84. The molecular weight excluding hydrogens is 785 g/mol. The Morgan fingerprint density at radius 2 is 0.800 bits per heavy atom. The van der Waals surface area contributed by atoms with Gasteiger partial charge < -0.3 is 0 Å². The molecule has 0 radical (unpaired) electrons. The molecule has 0 amide bonds. The lowest BCUT2D eigenvalue weighted by Crippen LogP contribution is -2.38. The molecule has 4 heterocycles. The lowest BCUT2D eigenvalue weighted by molar-refractivity contribution is 0.101. The van der Waals surface area contributed by atoms with Crippen LogP contribution in [0.2, 0.25) is 0 Å². The molecule has 2 aromatic carbocycles. The molecule has 0 fully saturated rings. The Kier molecular flexibility index (Phi) is 13.3. The van der Waals surface area contributed by atoms with Crippen LogP contribution in [-0.2, 0) is 13.1 Å². The van der Waals surface area contributed by atoms with Crippen LogP contribution in [0.5, 0.6) is 0 Å². The molecule has 0 aliphatic rings. The number of aromatic amines is 2. The number of carbonyl (C=O) groups excluding carboxylic acids is 2. The number of hydrogen-bond donors (Lipinski definition) is 2. The molecule has 0 aliphatic carbocycles. The predicted octanol–water partition coefficient (Wildman–Crippen LogP) is 6.46. The Morgan fingerprint density at radius 1 is 0.517 bits per heavy atom. The van der Waals surface area contributed by atoms with E-state index >= 15 is 0 Å². The fourth-order valence-corrected chi connectivity index (χ4v) is 7.10. The van der Waals surface area contributed by atoms with Gasteiger partial charge in [-0.1, -0.05) is 62.1 Å². The minimum atomic E-state index is -1.05. The van der Waals surface area contributed by atoms with E-state index in [0.717, 1.165) is 55.7 Å². The van der Waals surface area contributed by atoms with E-state index in [1.54, 1.807) is 52.0 Å². The average molecular weight is 827 g/mol. The third-order valence-corrected chi connectivity index (χ3v) is 9.35. The second-order valence-corrected chi connectivity index (χ2v) is 15.2. The summed E-state index contributed by atoms with van der Waals surface area (Å²) in [5.41, 5.74) is 1.30. The topological polar surface area (TPSA) is 170 Å². The largest absolute Gasteiger partial charge is 0.329 e. The number of hydrogen-bond acceptors (Lipinski definition) is 8. The molecule has 0 atom stereocenters. The Morgan fingerprint density at radius 3 is 1.07 bits per heavy atom. The molecule has 6 aromatic rings. The summed E-state index contributed by atoms with van der Waals surface area (Å²) < 4.78 is 56.3. The first-order valence-electron chi connectivity index (χ1n) is 18.8. The van der Waals surface area contributed by atoms with Crippen molar-refractivity contribution in [3.8, 4) is 0 Å². The van der Waals surface area contributed by atoms with Crippen molar-refractivity contribution < 1.29 is 27.2 Å². The average Bonchev–Trinajstić information content (AvgIpc) is 3.11.